The first-order valence-electron chi connectivity index (χ1n) is 8.73. The van der Waals surface area contributed by atoms with E-state index in [4.69, 9.17) is 0 Å². The SMILES string of the molecule is CN[Si](C)(C)C1C(C)C(C)C(C)C1[Si](C)(C)NC(C)(C)C. The molecule has 0 amide bonds. The summed E-state index contributed by atoms with van der Waals surface area (Å²) in [5, 5.41) is 0. The lowest BCUT2D eigenvalue weighted by Gasteiger charge is -2.46. The molecule has 0 heterocycles. The zero-order valence-electron chi connectivity index (χ0n) is 16.4. The minimum atomic E-state index is -1.50. The predicted octanol–water partition coefficient (Wildman–Crippen LogP) is 4.67. The summed E-state index contributed by atoms with van der Waals surface area (Å²) in [5.41, 5.74) is 1.97. The lowest BCUT2D eigenvalue weighted by Crippen LogP contribution is -2.61. The molecular weight excluding hydrogens is 288 g/mol. The maximum Gasteiger partial charge on any atom is 0.123 e. The molecule has 1 aliphatic rings. The summed E-state index contributed by atoms with van der Waals surface area (Å²) in [4.78, 5) is 7.82. The van der Waals surface area contributed by atoms with Crippen molar-refractivity contribution in [3.63, 3.8) is 0 Å². The zero-order valence-corrected chi connectivity index (χ0v) is 18.4. The Hall–Kier alpha value is 0.354. The Morgan fingerprint density at radius 2 is 1.10 bits per heavy atom. The molecule has 0 aromatic carbocycles. The van der Waals surface area contributed by atoms with Crippen molar-refractivity contribution >= 4 is 16.5 Å². The maximum absolute atomic E-state index is 4.07. The summed E-state index contributed by atoms with van der Waals surface area (Å²) in [7, 11) is -0.701. The molecule has 5 unspecified atom stereocenters. The Balaban J connectivity index is 3.22. The average molecular weight is 329 g/mol. The molecule has 0 aromatic heterocycles. The van der Waals surface area contributed by atoms with E-state index in [1.165, 1.54) is 0 Å². The first-order chi connectivity index (χ1) is 9.24. The second-order valence-electron chi connectivity index (χ2n) is 9.70. The smallest absolute Gasteiger partial charge is 0.123 e. The van der Waals surface area contributed by atoms with Gasteiger partial charge in [-0.3, -0.25) is 0 Å². The van der Waals surface area contributed by atoms with Gasteiger partial charge in [-0.2, -0.15) is 0 Å². The molecule has 0 aliphatic heterocycles. The van der Waals surface area contributed by atoms with Crippen molar-refractivity contribution in [3.05, 3.63) is 0 Å². The number of nitrogens with one attached hydrogen (secondary N) is 2. The highest BCUT2D eigenvalue weighted by molar-refractivity contribution is 6.82. The molecule has 1 fully saturated rings. The van der Waals surface area contributed by atoms with Gasteiger partial charge in [-0.15, -0.1) is 0 Å². The molecule has 0 aromatic rings. The van der Waals surface area contributed by atoms with Gasteiger partial charge in [0.25, 0.3) is 0 Å². The first kappa shape index (κ1) is 19.4. The van der Waals surface area contributed by atoms with Crippen molar-refractivity contribution in [2.45, 2.75) is 84.4 Å². The van der Waals surface area contributed by atoms with Crippen molar-refractivity contribution in [2.24, 2.45) is 17.8 Å². The lowest BCUT2D eigenvalue weighted by molar-refractivity contribution is 0.375. The van der Waals surface area contributed by atoms with Crippen LogP contribution in [0.25, 0.3) is 0 Å². The molecule has 126 valence electrons. The molecule has 0 radical (unpaired) electrons. The van der Waals surface area contributed by atoms with Gasteiger partial charge in [0.2, 0.25) is 0 Å². The van der Waals surface area contributed by atoms with E-state index in [1.54, 1.807) is 0 Å². The van der Waals surface area contributed by atoms with E-state index < -0.39 is 16.5 Å². The highest BCUT2D eigenvalue weighted by atomic mass is 28.3. The molecule has 21 heavy (non-hydrogen) atoms. The standard InChI is InChI=1S/C17H40N2Si2/c1-12-13(2)15(20(8,9)18-7)16(14(12)3)21(10,11)19-17(4,5)6/h12-16,18-19H,1-11H3. The number of rotatable bonds is 4. The molecule has 0 spiro atoms. The predicted molar refractivity (Wildman–Crippen MR) is 102 cm³/mol. The van der Waals surface area contributed by atoms with Crippen LogP contribution in [0.2, 0.25) is 37.3 Å². The average Bonchev–Trinajstić information content (AvgIpc) is 2.51. The minimum Gasteiger partial charge on any atom is -0.340 e. The lowest BCUT2D eigenvalue weighted by atomic mass is 9.94. The molecule has 0 bridgehead atoms. The molecule has 1 aliphatic carbocycles. The van der Waals surface area contributed by atoms with Gasteiger partial charge in [0.05, 0.1) is 0 Å². The topological polar surface area (TPSA) is 24.1 Å². The third kappa shape index (κ3) is 4.01. The van der Waals surface area contributed by atoms with Gasteiger partial charge >= 0.3 is 0 Å². The second kappa shape index (κ2) is 6.10. The van der Waals surface area contributed by atoms with Crippen LogP contribution < -0.4 is 9.96 Å². The van der Waals surface area contributed by atoms with Crippen LogP contribution >= 0.6 is 0 Å². The van der Waals surface area contributed by atoms with Gasteiger partial charge in [-0.1, -0.05) is 47.0 Å². The Labute approximate surface area is 136 Å². The van der Waals surface area contributed by atoms with Gasteiger partial charge in [-0.05, 0) is 56.7 Å². The van der Waals surface area contributed by atoms with Gasteiger partial charge in [-0.25, -0.2) is 0 Å². The highest BCUT2D eigenvalue weighted by Crippen LogP contribution is 2.59. The van der Waals surface area contributed by atoms with Crippen LogP contribution in [0, 0.1) is 17.8 Å². The summed E-state index contributed by atoms with van der Waals surface area (Å²) in [6, 6.07) is 0. The third-order valence-electron chi connectivity index (χ3n) is 6.19. The van der Waals surface area contributed by atoms with Gasteiger partial charge in [0.15, 0.2) is 0 Å². The Morgan fingerprint density at radius 3 is 1.43 bits per heavy atom. The van der Waals surface area contributed by atoms with E-state index in [9.17, 15) is 0 Å². The van der Waals surface area contributed by atoms with E-state index in [0.29, 0.717) is 0 Å². The van der Waals surface area contributed by atoms with Crippen molar-refractivity contribution in [2.75, 3.05) is 7.05 Å². The van der Waals surface area contributed by atoms with Crippen LogP contribution in [0.15, 0.2) is 0 Å². The zero-order chi connectivity index (χ0) is 16.8. The summed E-state index contributed by atoms with van der Waals surface area (Å²) in [5.74, 6) is 2.52. The van der Waals surface area contributed by atoms with Gasteiger partial charge in [0, 0.05) is 5.54 Å². The van der Waals surface area contributed by atoms with E-state index in [1.807, 2.05) is 0 Å². The third-order valence-corrected chi connectivity index (χ3v) is 14.3. The quantitative estimate of drug-likeness (QED) is 0.733. The monoisotopic (exact) mass is 328 g/mol. The molecule has 5 atom stereocenters. The van der Waals surface area contributed by atoms with Crippen molar-refractivity contribution in [1.29, 1.82) is 0 Å². The van der Waals surface area contributed by atoms with E-state index >= 15 is 0 Å². The van der Waals surface area contributed by atoms with Crippen LogP contribution in [-0.2, 0) is 0 Å². The molecule has 1 saturated carbocycles. The van der Waals surface area contributed by atoms with Crippen LogP contribution in [0.4, 0.5) is 0 Å². The molecule has 4 heteroatoms. The Kier molecular flexibility index (Phi) is 5.64. The highest BCUT2D eigenvalue weighted by Gasteiger charge is 2.56. The summed E-state index contributed by atoms with van der Waals surface area (Å²) >= 11 is 0. The van der Waals surface area contributed by atoms with E-state index in [-0.39, 0.29) is 5.54 Å². The first-order valence-corrected chi connectivity index (χ1v) is 14.9. The van der Waals surface area contributed by atoms with Crippen molar-refractivity contribution < 1.29 is 0 Å². The van der Waals surface area contributed by atoms with Crippen LogP contribution in [-0.4, -0.2) is 29.1 Å². The second-order valence-corrected chi connectivity index (χ2v) is 18.7. The molecule has 2 N–H and O–H groups in total. The minimum absolute atomic E-state index is 0.223. The van der Waals surface area contributed by atoms with E-state index in [2.05, 4.69) is 84.7 Å². The fraction of sp³-hybridized carbons (Fsp3) is 1.00. The van der Waals surface area contributed by atoms with Gasteiger partial charge < -0.3 is 9.96 Å². The van der Waals surface area contributed by atoms with Crippen molar-refractivity contribution in [1.82, 2.24) is 9.96 Å². The molecule has 0 saturated heterocycles. The van der Waals surface area contributed by atoms with Crippen molar-refractivity contribution in [3.8, 4) is 0 Å². The summed E-state index contributed by atoms with van der Waals surface area (Å²) < 4.78 is 0. The summed E-state index contributed by atoms with van der Waals surface area (Å²) in [6.07, 6.45) is 0. The number of hydrogen-bond acceptors (Lipinski definition) is 2. The fourth-order valence-electron chi connectivity index (χ4n) is 5.22. The largest absolute Gasteiger partial charge is 0.340 e. The molecule has 1 rings (SSSR count). The normalized spacial score (nSPS) is 35.3. The van der Waals surface area contributed by atoms with Gasteiger partial charge in [0.1, 0.15) is 16.5 Å². The fourth-order valence-corrected chi connectivity index (χ4v) is 15.8. The molecule has 2 nitrogen and oxygen atoms in total. The Morgan fingerprint density at radius 1 is 0.714 bits per heavy atom. The number of hydrogen-bond donors (Lipinski definition) is 2. The Bertz CT molecular complexity index is 360. The van der Waals surface area contributed by atoms with Crippen LogP contribution in [0.3, 0.4) is 0 Å². The maximum atomic E-state index is 4.07. The summed E-state index contributed by atoms with van der Waals surface area (Å²) in [6.45, 7) is 24.7. The molecular formula is C17H40N2Si2. The van der Waals surface area contributed by atoms with Crippen LogP contribution in [0.1, 0.15) is 41.5 Å². The van der Waals surface area contributed by atoms with E-state index in [0.717, 1.165) is 28.8 Å². The van der Waals surface area contributed by atoms with Crippen LogP contribution in [0.5, 0.6) is 0 Å².